The first-order valence-electron chi connectivity index (χ1n) is 13.6. The zero-order valence-electron chi connectivity index (χ0n) is 21.6. The molecule has 0 radical (unpaired) electrons. The lowest BCUT2D eigenvalue weighted by atomic mass is 9.44. The number of fused-ring (bicyclic) bond motifs is 5. The number of carboxylic acid groups (broad SMARTS) is 1. The van der Waals surface area contributed by atoms with Crippen molar-refractivity contribution in [1.82, 2.24) is 0 Å². The Morgan fingerprint density at radius 3 is 2.57 bits per heavy atom. The van der Waals surface area contributed by atoms with E-state index in [9.17, 15) is 19.2 Å². The topological polar surface area (TPSA) is 145 Å². The fourth-order valence-corrected chi connectivity index (χ4v) is 9.45. The summed E-state index contributed by atoms with van der Waals surface area (Å²) in [6.45, 7) is 7.73. The second-order valence-electron chi connectivity index (χ2n) is 12.8. The number of esters is 2. The van der Waals surface area contributed by atoms with Gasteiger partial charge >= 0.3 is 17.9 Å². The molecule has 37 heavy (non-hydrogen) atoms. The molecular formula is C27H34O10. The smallest absolute Gasteiger partial charge is 0.310 e. The lowest BCUT2D eigenvalue weighted by Gasteiger charge is -2.56. The summed E-state index contributed by atoms with van der Waals surface area (Å²) >= 11 is 0. The van der Waals surface area contributed by atoms with Crippen molar-refractivity contribution >= 4 is 23.7 Å². The number of rotatable bonds is 7. The molecule has 0 aromatic heterocycles. The average molecular weight is 519 g/mol. The third-order valence-electron chi connectivity index (χ3n) is 11.0. The van der Waals surface area contributed by atoms with Crippen LogP contribution in [0.5, 0.6) is 0 Å². The number of carbonyl (C=O) groups excluding carboxylic acids is 3. The van der Waals surface area contributed by atoms with Gasteiger partial charge in [-0.05, 0) is 37.5 Å². The van der Waals surface area contributed by atoms with E-state index in [0.717, 1.165) is 0 Å². The van der Waals surface area contributed by atoms with Crippen LogP contribution in [0, 0.1) is 29.1 Å². The van der Waals surface area contributed by atoms with Crippen molar-refractivity contribution in [3.63, 3.8) is 0 Å². The van der Waals surface area contributed by atoms with E-state index >= 15 is 0 Å². The number of carboxylic acids is 1. The molecule has 0 aromatic carbocycles. The van der Waals surface area contributed by atoms with Crippen LogP contribution in [0.15, 0.2) is 0 Å². The van der Waals surface area contributed by atoms with Crippen LogP contribution >= 0.6 is 0 Å². The van der Waals surface area contributed by atoms with Crippen LogP contribution < -0.4 is 0 Å². The van der Waals surface area contributed by atoms with Gasteiger partial charge in [0.05, 0.1) is 12.0 Å². The van der Waals surface area contributed by atoms with Crippen LogP contribution in [0.1, 0.15) is 66.2 Å². The molecule has 7 fully saturated rings. The predicted octanol–water partition coefficient (Wildman–Crippen LogP) is 1.80. The Kier molecular flexibility index (Phi) is 4.63. The highest BCUT2D eigenvalue weighted by molar-refractivity contribution is 5.90. The van der Waals surface area contributed by atoms with E-state index in [0.29, 0.717) is 19.3 Å². The van der Waals surface area contributed by atoms with Gasteiger partial charge in [-0.25, -0.2) is 0 Å². The maximum atomic E-state index is 13.2. The number of hydrogen-bond donors (Lipinski definition) is 1. The van der Waals surface area contributed by atoms with Crippen LogP contribution in [0.25, 0.3) is 0 Å². The van der Waals surface area contributed by atoms with Crippen LogP contribution in [0.2, 0.25) is 0 Å². The lowest BCUT2D eigenvalue weighted by Crippen LogP contribution is -2.71. The number of cyclic esters (lactones) is 1. The summed E-state index contributed by atoms with van der Waals surface area (Å²) in [6.07, 6.45) is -0.0297. The lowest BCUT2D eigenvalue weighted by molar-refractivity contribution is -0.172. The molecule has 4 aliphatic heterocycles. The highest BCUT2D eigenvalue weighted by Gasteiger charge is 3.01. The number of ether oxygens (including phenoxy) is 5. The second kappa shape index (κ2) is 7.12. The van der Waals surface area contributed by atoms with Gasteiger partial charge in [0, 0.05) is 31.1 Å². The number of aliphatic carboxylic acids is 1. The standard InChI is InChI=1S/C27H34O10/c1-11(2)25-20(36-25)21-27(37-21)24(4)9-8-13-18(19(34-22(13)32)15(29)6-5-7-17(30)31)14(24)10-16-26(27,35-16)23(25)33-12(3)28/h11,13-14,16,18-21,23H,5-10H2,1-4H3,(H,30,31)/t13?,14-,16-,18?,19?,20-,21-,23+,24-,25-,26+,27+/m0/s1. The first-order valence-corrected chi connectivity index (χ1v) is 13.6. The summed E-state index contributed by atoms with van der Waals surface area (Å²) in [6, 6.07) is 0. The zero-order valence-corrected chi connectivity index (χ0v) is 21.6. The predicted molar refractivity (Wildman–Crippen MR) is 122 cm³/mol. The molecule has 202 valence electrons. The number of epoxide rings is 3. The van der Waals surface area contributed by atoms with Gasteiger partial charge in [0.1, 0.15) is 23.4 Å². The molecule has 12 atom stereocenters. The van der Waals surface area contributed by atoms with E-state index in [1.54, 1.807) is 0 Å². The van der Waals surface area contributed by atoms with Gasteiger partial charge in [-0.2, -0.15) is 0 Å². The molecule has 3 aliphatic carbocycles. The van der Waals surface area contributed by atoms with E-state index in [1.165, 1.54) is 6.92 Å². The van der Waals surface area contributed by atoms with Crippen molar-refractivity contribution in [3.8, 4) is 0 Å². The third kappa shape index (κ3) is 2.62. The molecule has 10 heteroatoms. The van der Waals surface area contributed by atoms with Crippen LogP contribution in [-0.2, 0) is 42.9 Å². The minimum absolute atomic E-state index is 0.0619. The Hall–Kier alpha value is -2.04. The van der Waals surface area contributed by atoms with Crippen molar-refractivity contribution in [2.24, 2.45) is 29.1 Å². The van der Waals surface area contributed by atoms with E-state index in [-0.39, 0.29) is 79.0 Å². The molecular weight excluding hydrogens is 484 g/mol. The molecule has 1 N–H and O–H groups in total. The summed E-state index contributed by atoms with van der Waals surface area (Å²) < 4.78 is 31.3. The number of ketones is 1. The van der Waals surface area contributed by atoms with Gasteiger partial charge in [0.2, 0.25) is 0 Å². The van der Waals surface area contributed by atoms with E-state index in [1.807, 2.05) is 0 Å². The van der Waals surface area contributed by atoms with Crippen molar-refractivity contribution in [3.05, 3.63) is 0 Å². The van der Waals surface area contributed by atoms with E-state index in [2.05, 4.69) is 20.8 Å². The van der Waals surface area contributed by atoms with Gasteiger partial charge in [-0.3, -0.25) is 19.2 Å². The normalized spacial score (nSPS) is 53.4. The molecule has 4 saturated heterocycles. The summed E-state index contributed by atoms with van der Waals surface area (Å²) in [5, 5.41) is 8.97. The molecule has 7 rings (SSSR count). The number of hydrogen-bond acceptors (Lipinski definition) is 9. The van der Waals surface area contributed by atoms with Crippen LogP contribution in [0.3, 0.4) is 0 Å². The molecule has 7 aliphatic rings. The van der Waals surface area contributed by atoms with Gasteiger partial charge < -0.3 is 28.8 Å². The third-order valence-corrected chi connectivity index (χ3v) is 11.0. The summed E-state index contributed by atoms with van der Waals surface area (Å²) in [5.74, 6) is -2.54. The number of Topliss-reactive ketones (excluding diaryl/α,β-unsaturated/α-hetero) is 1. The molecule has 10 nitrogen and oxygen atoms in total. The van der Waals surface area contributed by atoms with Gasteiger partial charge in [0.15, 0.2) is 23.6 Å². The van der Waals surface area contributed by atoms with E-state index in [4.69, 9.17) is 28.8 Å². The van der Waals surface area contributed by atoms with E-state index < -0.39 is 40.4 Å². The van der Waals surface area contributed by atoms with Crippen molar-refractivity contribution in [2.45, 2.75) is 114 Å². The average Bonchev–Trinajstić information content (AvgIpc) is 3.71. The van der Waals surface area contributed by atoms with Gasteiger partial charge in [-0.15, -0.1) is 0 Å². The zero-order chi connectivity index (χ0) is 26.3. The molecule has 0 aromatic rings. The first kappa shape index (κ1) is 24.0. The molecule has 3 unspecified atom stereocenters. The van der Waals surface area contributed by atoms with Gasteiger partial charge in [0.25, 0.3) is 0 Å². The Bertz CT molecular complexity index is 1120. The highest BCUT2D eigenvalue weighted by Crippen LogP contribution is 2.83. The Labute approximate surface area is 214 Å². The maximum absolute atomic E-state index is 13.2. The minimum atomic E-state index is -0.954. The second-order valence-corrected chi connectivity index (χ2v) is 12.8. The highest BCUT2D eigenvalue weighted by atomic mass is 16.8. The van der Waals surface area contributed by atoms with Crippen molar-refractivity contribution in [2.75, 3.05) is 0 Å². The summed E-state index contributed by atoms with van der Waals surface area (Å²) in [7, 11) is 0. The van der Waals surface area contributed by atoms with Crippen molar-refractivity contribution in [1.29, 1.82) is 0 Å². The first-order chi connectivity index (χ1) is 17.5. The fourth-order valence-electron chi connectivity index (χ4n) is 9.45. The number of carbonyl (C=O) groups is 4. The Morgan fingerprint density at radius 1 is 1.14 bits per heavy atom. The van der Waals surface area contributed by atoms with Gasteiger partial charge in [-0.1, -0.05) is 20.8 Å². The Morgan fingerprint density at radius 2 is 1.89 bits per heavy atom. The molecule has 3 saturated carbocycles. The summed E-state index contributed by atoms with van der Waals surface area (Å²) in [5.41, 5.74) is -2.60. The Balaban J connectivity index is 1.24. The summed E-state index contributed by atoms with van der Waals surface area (Å²) in [4.78, 5) is 49.3. The van der Waals surface area contributed by atoms with Crippen LogP contribution in [-0.4, -0.2) is 76.1 Å². The molecule has 2 spiro atoms. The van der Waals surface area contributed by atoms with Crippen molar-refractivity contribution < 1.29 is 48.0 Å². The maximum Gasteiger partial charge on any atom is 0.310 e. The SMILES string of the molecule is CC(=O)O[C@@H]1[C@@]2(C(C)C)O[C@H]2[C@@H]2O[C@]23[C@]12O[C@H]2C[C@H]1C2C(CC[C@@]13C)C(=O)OC2C(=O)CCCC(=O)O. The van der Waals surface area contributed by atoms with Crippen LogP contribution in [0.4, 0.5) is 0 Å². The minimum Gasteiger partial charge on any atom is -0.481 e. The molecule has 4 heterocycles. The molecule has 0 bridgehead atoms. The fraction of sp³-hybridized carbons (Fsp3) is 0.852. The molecule has 0 amide bonds. The largest absolute Gasteiger partial charge is 0.481 e. The quantitative estimate of drug-likeness (QED) is 0.391. The monoisotopic (exact) mass is 518 g/mol.